The Morgan fingerprint density at radius 1 is 1.56 bits per heavy atom. The van der Waals surface area contributed by atoms with Crippen molar-refractivity contribution in [3.8, 4) is 11.8 Å². The Morgan fingerprint density at radius 2 is 2.33 bits per heavy atom. The third-order valence-electron chi connectivity index (χ3n) is 2.87. The number of nitriles is 1. The number of carbonyl (C=O) groups excluding carboxylic acids is 1. The highest BCUT2D eigenvalue weighted by Crippen LogP contribution is 2.17. The number of hydrogen-bond donors (Lipinski definition) is 1. The predicted molar refractivity (Wildman–Crippen MR) is 63.9 cm³/mol. The lowest BCUT2D eigenvalue weighted by atomic mass is 10.2. The van der Waals surface area contributed by atoms with Gasteiger partial charge in [0.2, 0.25) is 0 Å². The molecule has 1 amide bonds. The van der Waals surface area contributed by atoms with Gasteiger partial charge in [-0.2, -0.15) is 5.26 Å². The lowest BCUT2D eigenvalue weighted by Crippen LogP contribution is -2.33. The molecule has 0 bridgehead atoms. The summed E-state index contributed by atoms with van der Waals surface area (Å²) in [6.45, 7) is 0.816. The predicted octanol–water partition coefficient (Wildman–Crippen LogP) is 0.530. The Bertz CT molecular complexity index is 481. The molecule has 0 aromatic heterocycles. The van der Waals surface area contributed by atoms with Gasteiger partial charge in [0.05, 0.1) is 11.7 Å². The fourth-order valence-corrected chi connectivity index (χ4v) is 1.88. The highest BCUT2D eigenvalue weighted by molar-refractivity contribution is 5.78. The van der Waals surface area contributed by atoms with Gasteiger partial charge in [-0.1, -0.05) is 12.1 Å². The summed E-state index contributed by atoms with van der Waals surface area (Å²) in [5, 5.41) is 18.2. The lowest BCUT2D eigenvalue weighted by molar-refractivity contribution is -0.132. The Hall–Kier alpha value is -2.06. The largest absolute Gasteiger partial charge is 0.482 e. The SMILES string of the molecule is N#Cc1ccccc1OCC(=O)N1CCC(O)C1. The van der Waals surface area contributed by atoms with Crippen LogP contribution >= 0.6 is 0 Å². The van der Waals surface area contributed by atoms with Crippen LogP contribution in [0.3, 0.4) is 0 Å². The number of nitrogens with zero attached hydrogens (tertiary/aromatic N) is 2. The summed E-state index contributed by atoms with van der Waals surface area (Å²) in [7, 11) is 0. The smallest absolute Gasteiger partial charge is 0.260 e. The van der Waals surface area contributed by atoms with Gasteiger partial charge in [-0.3, -0.25) is 4.79 Å². The van der Waals surface area contributed by atoms with E-state index in [4.69, 9.17) is 10.00 Å². The number of para-hydroxylation sites is 1. The second-order valence-corrected chi connectivity index (χ2v) is 4.18. The van der Waals surface area contributed by atoms with Crippen LogP contribution in [0, 0.1) is 11.3 Å². The molecule has 1 N–H and O–H groups in total. The van der Waals surface area contributed by atoms with Crippen LogP contribution in [0.1, 0.15) is 12.0 Å². The minimum atomic E-state index is -0.430. The van der Waals surface area contributed by atoms with Crippen LogP contribution in [0.2, 0.25) is 0 Å². The second-order valence-electron chi connectivity index (χ2n) is 4.18. The number of benzene rings is 1. The van der Waals surface area contributed by atoms with Gasteiger partial charge in [0.25, 0.3) is 5.91 Å². The first kappa shape index (κ1) is 12.4. The number of likely N-dealkylation sites (tertiary alicyclic amines) is 1. The van der Waals surface area contributed by atoms with Gasteiger partial charge in [0.1, 0.15) is 11.8 Å². The molecule has 5 nitrogen and oxygen atoms in total. The third-order valence-corrected chi connectivity index (χ3v) is 2.87. The molecule has 1 aliphatic heterocycles. The lowest BCUT2D eigenvalue weighted by Gasteiger charge is -2.16. The van der Waals surface area contributed by atoms with Crippen LogP contribution in [-0.2, 0) is 4.79 Å². The van der Waals surface area contributed by atoms with Crippen LogP contribution in [0.5, 0.6) is 5.75 Å². The summed E-state index contributed by atoms with van der Waals surface area (Å²) in [5.74, 6) is 0.243. The van der Waals surface area contributed by atoms with Gasteiger partial charge in [0, 0.05) is 13.1 Å². The summed E-state index contributed by atoms with van der Waals surface area (Å²) >= 11 is 0. The zero-order valence-electron chi connectivity index (χ0n) is 9.87. The number of ether oxygens (including phenoxy) is 1. The van der Waals surface area contributed by atoms with Gasteiger partial charge >= 0.3 is 0 Å². The molecule has 1 saturated heterocycles. The summed E-state index contributed by atoms with van der Waals surface area (Å²) in [4.78, 5) is 13.3. The molecule has 1 unspecified atom stereocenters. The molecule has 1 aromatic carbocycles. The van der Waals surface area contributed by atoms with Crippen LogP contribution in [-0.4, -0.2) is 41.7 Å². The molecule has 1 atom stereocenters. The number of β-amino-alcohol motifs (C(OH)–C–C–N with tert-alkyl or cyclic N) is 1. The molecule has 0 radical (unpaired) electrons. The number of amides is 1. The van der Waals surface area contributed by atoms with Crippen LogP contribution in [0.4, 0.5) is 0 Å². The maximum Gasteiger partial charge on any atom is 0.260 e. The number of carbonyl (C=O) groups is 1. The van der Waals surface area contributed by atoms with Crippen LogP contribution in [0.25, 0.3) is 0 Å². The Balaban J connectivity index is 1.92. The van der Waals surface area contributed by atoms with Gasteiger partial charge in [-0.25, -0.2) is 0 Å². The van der Waals surface area contributed by atoms with Crippen molar-refractivity contribution in [2.75, 3.05) is 19.7 Å². The van der Waals surface area contributed by atoms with E-state index in [0.717, 1.165) is 0 Å². The molecular weight excluding hydrogens is 232 g/mol. The van der Waals surface area contributed by atoms with Crippen molar-refractivity contribution in [1.29, 1.82) is 5.26 Å². The molecule has 18 heavy (non-hydrogen) atoms. The number of aliphatic hydroxyl groups excluding tert-OH is 1. The molecule has 5 heteroatoms. The number of aliphatic hydroxyl groups is 1. The van der Waals surface area contributed by atoms with Crippen molar-refractivity contribution in [2.24, 2.45) is 0 Å². The van der Waals surface area contributed by atoms with Crippen molar-refractivity contribution in [3.63, 3.8) is 0 Å². The standard InChI is InChI=1S/C13H14N2O3/c14-7-10-3-1-2-4-12(10)18-9-13(17)15-6-5-11(16)8-15/h1-4,11,16H,5-6,8-9H2. The van der Waals surface area contributed by atoms with Crippen LogP contribution in [0.15, 0.2) is 24.3 Å². The molecule has 2 rings (SSSR count). The molecule has 94 valence electrons. The molecule has 0 aliphatic carbocycles. The molecule has 1 aromatic rings. The van der Waals surface area contributed by atoms with Gasteiger partial charge in [-0.05, 0) is 18.6 Å². The topological polar surface area (TPSA) is 73.6 Å². The number of rotatable bonds is 3. The van der Waals surface area contributed by atoms with E-state index in [1.807, 2.05) is 6.07 Å². The molecule has 1 fully saturated rings. The summed E-state index contributed by atoms with van der Waals surface area (Å²) in [5.41, 5.74) is 0.409. The minimum Gasteiger partial charge on any atom is -0.482 e. The van der Waals surface area contributed by atoms with Crippen molar-refractivity contribution in [3.05, 3.63) is 29.8 Å². The van der Waals surface area contributed by atoms with E-state index in [2.05, 4.69) is 0 Å². The van der Waals surface area contributed by atoms with Crippen molar-refractivity contribution >= 4 is 5.91 Å². The van der Waals surface area contributed by atoms with E-state index in [-0.39, 0.29) is 12.5 Å². The first-order valence-corrected chi connectivity index (χ1v) is 5.78. The van der Waals surface area contributed by atoms with Crippen molar-refractivity contribution in [1.82, 2.24) is 4.90 Å². The number of hydrogen-bond acceptors (Lipinski definition) is 4. The quantitative estimate of drug-likeness (QED) is 0.844. The Kier molecular flexibility index (Phi) is 3.80. The maximum absolute atomic E-state index is 11.8. The normalized spacial score (nSPS) is 18.4. The summed E-state index contributed by atoms with van der Waals surface area (Å²) < 4.78 is 5.34. The fourth-order valence-electron chi connectivity index (χ4n) is 1.88. The molecule has 0 spiro atoms. The monoisotopic (exact) mass is 246 g/mol. The van der Waals surface area contributed by atoms with Crippen LogP contribution < -0.4 is 4.74 Å². The highest BCUT2D eigenvalue weighted by Gasteiger charge is 2.24. The molecule has 0 saturated carbocycles. The van der Waals surface area contributed by atoms with E-state index in [1.54, 1.807) is 29.2 Å². The maximum atomic E-state index is 11.8. The summed E-state index contributed by atoms with van der Waals surface area (Å²) in [6, 6.07) is 8.79. The Labute approximate surface area is 105 Å². The minimum absolute atomic E-state index is 0.106. The molecule has 1 heterocycles. The Morgan fingerprint density at radius 3 is 3.00 bits per heavy atom. The third kappa shape index (κ3) is 2.79. The van der Waals surface area contributed by atoms with E-state index in [1.165, 1.54) is 0 Å². The fraction of sp³-hybridized carbons (Fsp3) is 0.385. The van der Waals surface area contributed by atoms with Gasteiger partial charge in [0.15, 0.2) is 6.61 Å². The average Bonchev–Trinajstić information content (AvgIpc) is 2.83. The van der Waals surface area contributed by atoms with E-state index >= 15 is 0 Å². The van der Waals surface area contributed by atoms with E-state index in [9.17, 15) is 9.90 Å². The first-order valence-electron chi connectivity index (χ1n) is 5.78. The molecule has 1 aliphatic rings. The first-order chi connectivity index (χ1) is 8.70. The van der Waals surface area contributed by atoms with E-state index < -0.39 is 6.10 Å². The van der Waals surface area contributed by atoms with Gasteiger partial charge < -0.3 is 14.7 Å². The van der Waals surface area contributed by atoms with Gasteiger partial charge in [-0.15, -0.1) is 0 Å². The molecular formula is C13H14N2O3. The van der Waals surface area contributed by atoms with Crippen molar-refractivity contribution in [2.45, 2.75) is 12.5 Å². The second kappa shape index (κ2) is 5.52. The average molecular weight is 246 g/mol. The zero-order valence-corrected chi connectivity index (χ0v) is 9.87. The summed E-state index contributed by atoms with van der Waals surface area (Å²) in [6.07, 6.45) is 0.181. The van der Waals surface area contributed by atoms with Crippen molar-refractivity contribution < 1.29 is 14.6 Å². The zero-order chi connectivity index (χ0) is 13.0. The highest BCUT2D eigenvalue weighted by atomic mass is 16.5. The van der Waals surface area contributed by atoms with E-state index in [0.29, 0.717) is 30.8 Å².